The predicted octanol–water partition coefficient (Wildman–Crippen LogP) is 5.50. The van der Waals surface area contributed by atoms with Gasteiger partial charge in [-0.3, -0.25) is 9.59 Å². The Morgan fingerprint density at radius 2 is 1.86 bits per heavy atom. The third-order valence-electron chi connectivity index (χ3n) is 5.20. The highest BCUT2D eigenvalue weighted by Gasteiger charge is 2.15. The van der Waals surface area contributed by atoms with Gasteiger partial charge in [0.2, 0.25) is 5.91 Å². The summed E-state index contributed by atoms with van der Waals surface area (Å²) in [6.07, 6.45) is 4.37. The Hall–Kier alpha value is -4.17. The molecular weight excluding hydrogens is 471 g/mol. The average molecular weight is 493 g/mol. The molecule has 0 atom stereocenters. The van der Waals surface area contributed by atoms with E-state index < -0.39 is 11.7 Å². The van der Waals surface area contributed by atoms with Crippen LogP contribution in [0.25, 0.3) is 5.69 Å². The molecule has 7 nitrogen and oxygen atoms in total. The first-order valence-corrected chi connectivity index (χ1v) is 11.1. The molecule has 3 aromatic carbocycles. The number of aryl methyl sites for hydroxylation is 1. The highest BCUT2D eigenvalue weighted by atomic mass is 35.5. The van der Waals surface area contributed by atoms with Crippen molar-refractivity contribution in [1.82, 2.24) is 9.78 Å². The minimum atomic E-state index is -0.742. The molecule has 178 valence electrons. The van der Waals surface area contributed by atoms with Crippen LogP contribution in [-0.2, 0) is 11.2 Å². The van der Waals surface area contributed by atoms with Crippen molar-refractivity contribution in [3.05, 3.63) is 101 Å². The van der Waals surface area contributed by atoms with E-state index in [1.54, 1.807) is 29.1 Å². The zero-order valence-corrected chi connectivity index (χ0v) is 19.6. The molecule has 35 heavy (non-hydrogen) atoms. The number of carbonyl (C=O) groups is 2. The molecule has 1 aromatic heterocycles. The van der Waals surface area contributed by atoms with E-state index in [4.69, 9.17) is 16.3 Å². The highest BCUT2D eigenvalue weighted by Crippen LogP contribution is 2.29. The van der Waals surface area contributed by atoms with E-state index in [0.29, 0.717) is 17.9 Å². The van der Waals surface area contributed by atoms with Crippen molar-refractivity contribution in [1.29, 1.82) is 0 Å². The lowest BCUT2D eigenvalue weighted by atomic mass is 10.1. The number of ether oxygens (including phenoxy) is 1. The van der Waals surface area contributed by atoms with Crippen LogP contribution in [0.4, 0.5) is 15.8 Å². The van der Waals surface area contributed by atoms with E-state index in [1.165, 1.54) is 19.2 Å². The first-order chi connectivity index (χ1) is 16.9. The zero-order chi connectivity index (χ0) is 24.8. The highest BCUT2D eigenvalue weighted by molar-refractivity contribution is 6.30. The van der Waals surface area contributed by atoms with Crippen molar-refractivity contribution in [3.63, 3.8) is 0 Å². The number of rotatable bonds is 8. The van der Waals surface area contributed by atoms with E-state index in [2.05, 4.69) is 15.7 Å². The van der Waals surface area contributed by atoms with Gasteiger partial charge in [-0.2, -0.15) is 5.10 Å². The number of aromatic nitrogens is 2. The second-order valence-electron chi connectivity index (χ2n) is 7.67. The van der Waals surface area contributed by atoms with Gasteiger partial charge >= 0.3 is 0 Å². The van der Waals surface area contributed by atoms with E-state index in [1.807, 2.05) is 36.5 Å². The molecule has 0 aliphatic heterocycles. The molecular formula is C26H22ClFN4O3. The maximum Gasteiger partial charge on any atom is 0.258 e. The van der Waals surface area contributed by atoms with Crippen LogP contribution in [0.15, 0.2) is 79.1 Å². The lowest BCUT2D eigenvalue weighted by Gasteiger charge is -2.13. The van der Waals surface area contributed by atoms with Gasteiger partial charge in [0.05, 0.1) is 30.2 Å². The molecule has 0 aliphatic carbocycles. The standard InChI is InChI=1S/C26H22ClFN4O3/c1-35-24-11-9-19(14-23(24)31-26(34)21-10-8-18(27)13-22(21)28)30-25(33)12-7-17-15-29-32(16-17)20-5-3-2-4-6-20/h2-6,8-11,13-16H,7,12H2,1H3,(H,30,33)(H,31,34). The summed E-state index contributed by atoms with van der Waals surface area (Å²) >= 11 is 5.76. The third-order valence-corrected chi connectivity index (χ3v) is 5.44. The second-order valence-corrected chi connectivity index (χ2v) is 8.11. The van der Waals surface area contributed by atoms with Crippen molar-refractivity contribution in [2.75, 3.05) is 17.7 Å². The van der Waals surface area contributed by atoms with Crippen LogP contribution in [-0.4, -0.2) is 28.7 Å². The van der Waals surface area contributed by atoms with Crippen LogP contribution >= 0.6 is 11.6 Å². The number of anilines is 2. The number of carbonyl (C=O) groups excluding carboxylic acids is 2. The lowest BCUT2D eigenvalue weighted by molar-refractivity contribution is -0.116. The van der Waals surface area contributed by atoms with Crippen LogP contribution in [0.3, 0.4) is 0 Å². The van der Waals surface area contributed by atoms with Crippen molar-refractivity contribution in [2.24, 2.45) is 0 Å². The third kappa shape index (κ3) is 6.04. The molecule has 4 aromatic rings. The maximum absolute atomic E-state index is 14.1. The minimum absolute atomic E-state index is 0.165. The van der Waals surface area contributed by atoms with Crippen molar-refractivity contribution in [3.8, 4) is 11.4 Å². The summed E-state index contributed by atoms with van der Waals surface area (Å²) in [5, 5.41) is 9.96. The smallest absolute Gasteiger partial charge is 0.258 e. The molecule has 0 saturated heterocycles. The fourth-order valence-electron chi connectivity index (χ4n) is 3.44. The maximum atomic E-state index is 14.1. The van der Waals surface area contributed by atoms with E-state index in [0.717, 1.165) is 17.3 Å². The topological polar surface area (TPSA) is 85.2 Å². The molecule has 4 rings (SSSR count). The number of hydrogen-bond donors (Lipinski definition) is 2. The molecule has 0 spiro atoms. The first kappa shape index (κ1) is 24.0. The summed E-state index contributed by atoms with van der Waals surface area (Å²) in [4.78, 5) is 25.1. The number of para-hydroxylation sites is 1. The Kier molecular flexibility index (Phi) is 7.42. The van der Waals surface area contributed by atoms with E-state index in [-0.39, 0.29) is 28.6 Å². The Balaban J connectivity index is 1.39. The van der Waals surface area contributed by atoms with Gasteiger partial charge in [-0.1, -0.05) is 29.8 Å². The quantitative estimate of drug-likeness (QED) is 0.340. The number of amides is 2. The molecule has 2 N–H and O–H groups in total. The summed E-state index contributed by atoms with van der Waals surface area (Å²) in [6, 6.07) is 18.3. The summed E-state index contributed by atoms with van der Waals surface area (Å²) in [7, 11) is 1.45. The van der Waals surface area contributed by atoms with Crippen LogP contribution in [0.5, 0.6) is 5.75 Å². The summed E-state index contributed by atoms with van der Waals surface area (Å²) in [5.41, 5.74) is 2.45. The van der Waals surface area contributed by atoms with Crippen LogP contribution < -0.4 is 15.4 Å². The number of halogens is 2. The second kappa shape index (κ2) is 10.8. The van der Waals surface area contributed by atoms with Gasteiger partial charge in [-0.05, 0) is 60.5 Å². The number of hydrogen-bond acceptors (Lipinski definition) is 4. The molecule has 0 aliphatic rings. The van der Waals surface area contributed by atoms with Gasteiger partial charge in [0.1, 0.15) is 11.6 Å². The molecule has 0 bridgehead atoms. The number of benzene rings is 3. The Bertz CT molecular complexity index is 1360. The van der Waals surface area contributed by atoms with Crippen molar-refractivity contribution >= 4 is 34.8 Å². The largest absolute Gasteiger partial charge is 0.495 e. The summed E-state index contributed by atoms with van der Waals surface area (Å²) in [6.45, 7) is 0. The van der Waals surface area contributed by atoms with Crippen LogP contribution in [0, 0.1) is 5.82 Å². The molecule has 9 heteroatoms. The molecule has 0 unspecified atom stereocenters. The number of methoxy groups -OCH3 is 1. The zero-order valence-electron chi connectivity index (χ0n) is 18.8. The van der Waals surface area contributed by atoms with Gasteiger partial charge in [-0.25, -0.2) is 9.07 Å². The van der Waals surface area contributed by atoms with Crippen LogP contribution in [0.2, 0.25) is 5.02 Å². The van der Waals surface area contributed by atoms with Gasteiger partial charge in [-0.15, -0.1) is 0 Å². The fourth-order valence-corrected chi connectivity index (χ4v) is 3.60. The molecule has 0 fully saturated rings. The lowest BCUT2D eigenvalue weighted by Crippen LogP contribution is -2.16. The fraction of sp³-hybridized carbons (Fsp3) is 0.115. The van der Waals surface area contributed by atoms with Gasteiger partial charge in [0, 0.05) is 23.3 Å². The first-order valence-electron chi connectivity index (χ1n) is 10.8. The monoisotopic (exact) mass is 492 g/mol. The summed E-state index contributed by atoms with van der Waals surface area (Å²) in [5.74, 6) is -1.26. The Labute approximate surface area is 206 Å². The minimum Gasteiger partial charge on any atom is -0.495 e. The Morgan fingerprint density at radius 3 is 2.60 bits per heavy atom. The molecule has 0 saturated carbocycles. The van der Waals surface area contributed by atoms with Gasteiger partial charge < -0.3 is 15.4 Å². The average Bonchev–Trinajstić information content (AvgIpc) is 3.33. The Morgan fingerprint density at radius 1 is 1.06 bits per heavy atom. The van der Waals surface area contributed by atoms with Gasteiger partial charge in [0.15, 0.2) is 0 Å². The van der Waals surface area contributed by atoms with E-state index >= 15 is 0 Å². The summed E-state index contributed by atoms with van der Waals surface area (Å²) < 4.78 is 21.2. The number of nitrogens with zero attached hydrogens (tertiary/aromatic N) is 2. The SMILES string of the molecule is COc1ccc(NC(=O)CCc2cnn(-c3ccccc3)c2)cc1NC(=O)c1ccc(Cl)cc1F. The predicted molar refractivity (Wildman–Crippen MR) is 133 cm³/mol. The van der Waals surface area contributed by atoms with Crippen molar-refractivity contribution in [2.45, 2.75) is 12.8 Å². The van der Waals surface area contributed by atoms with Crippen molar-refractivity contribution < 1.29 is 18.7 Å². The van der Waals surface area contributed by atoms with Gasteiger partial charge in [0.25, 0.3) is 5.91 Å². The van der Waals surface area contributed by atoms with Crippen LogP contribution in [0.1, 0.15) is 22.3 Å². The normalized spacial score (nSPS) is 10.6. The molecule has 2 amide bonds. The molecule has 1 heterocycles. The van der Waals surface area contributed by atoms with E-state index in [9.17, 15) is 14.0 Å². The molecule has 0 radical (unpaired) electrons. The number of nitrogens with one attached hydrogen (secondary N) is 2.